The Morgan fingerprint density at radius 3 is 2.77 bits per heavy atom. The number of piperidine rings is 2. The van der Waals surface area contributed by atoms with Gasteiger partial charge in [0.05, 0.1) is 0 Å². The Hall–Kier alpha value is -1.05. The lowest BCUT2D eigenvalue weighted by Gasteiger charge is -2.59. The zero-order valence-electron chi connectivity index (χ0n) is 15.2. The molecule has 2 aromatic rings. The number of alkyl halides is 1. The summed E-state index contributed by atoms with van der Waals surface area (Å²) in [6, 6.07) is 7.02. The van der Waals surface area contributed by atoms with E-state index in [9.17, 15) is 4.79 Å². The summed E-state index contributed by atoms with van der Waals surface area (Å²) in [6.45, 7) is 2.18. The predicted molar refractivity (Wildman–Crippen MR) is 110 cm³/mol. The number of H-pyrrole nitrogens is 1. The number of fused-ring (bicyclic) bond motifs is 1. The van der Waals surface area contributed by atoms with Crippen molar-refractivity contribution in [2.45, 2.75) is 68.3 Å². The first-order chi connectivity index (χ1) is 12.4. The number of benzene rings is 1. The summed E-state index contributed by atoms with van der Waals surface area (Å²) in [5.41, 5.74) is 2.39. The smallest absolute Gasteiger partial charge is 0.223 e. The molecule has 138 valence electrons. The Kier molecular flexibility index (Phi) is 3.92. The Bertz CT molecular complexity index is 862. The number of hydrogen-bond donors (Lipinski definition) is 1. The van der Waals surface area contributed by atoms with E-state index in [-0.39, 0.29) is 10.8 Å². The average molecular weight is 389 g/mol. The van der Waals surface area contributed by atoms with Crippen LogP contribution in [-0.4, -0.2) is 32.7 Å². The van der Waals surface area contributed by atoms with Crippen LogP contribution in [0.4, 0.5) is 0 Å². The molecule has 0 spiro atoms. The zero-order valence-corrected chi connectivity index (χ0v) is 17.1. The Morgan fingerprint density at radius 2 is 2.08 bits per heavy atom. The molecular formula is C21H26ClN2OP. The van der Waals surface area contributed by atoms with Crippen molar-refractivity contribution >= 4 is 43.0 Å². The number of hydrogen-bond acceptors (Lipinski definition) is 1. The molecule has 1 N–H and O–H groups in total. The van der Waals surface area contributed by atoms with Crippen LogP contribution in [0.5, 0.6) is 0 Å². The number of halogens is 1. The highest BCUT2D eigenvalue weighted by Gasteiger charge is 2.54. The van der Waals surface area contributed by atoms with E-state index in [1.54, 1.807) is 0 Å². The molecule has 4 bridgehead atoms. The first-order valence-electron chi connectivity index (χ1n) is 9.79. The standard InChI is InChI=1S/C21H26ClN2OP/c1-12(16-11-23-17-3-2-4-18(26)20(16)17)5-19(25)24-14-6-13-7-15(24)10-21(22,8-13)9-14/h2-4,11-15,23H,5-10,26H2,1H3. The van der Waals surface area contributed by atoms with Gasteiger partial charge in [-0.05, 0) is 60.9 Å². The van der Waals surface area contributed by atoms with Crippen molar-refractivity contribution in [3.63, 3.8) is 0 Å². The number of nitrogens with zero attached hydrogens (tertiary/aromatic N) is 1. The fourth-order valence-corrected chi connectivity index (χ4v) is 7.05. The maximum atomic E-state index is 13.2. The second kappa shape index (κ2) is 5.97. The summed E-state index contributed by atoms with van der Waals surface area (Å²) in [4.78, 5) is 18.8. The van der Waals surface area contributed by atoms with Gasteiger partial charge < -0.3 is 9.88 Å². The minimum absolute atomic E-state index is 0.0237. The molecule has 1 aromatic carbocycles. The van der Waals surface area contributed by atoms with E-state index in [2.05, 4.69) is 50.4 Å². The summed E-state index contributed by atoms with van der Waals surface area (Å²) >= 11 is 6.83. The zero-order chi connectivity index (χ0) is 18.1. The normalized spacial score (nSPS) is 33.8. The van der Waals surface area contributed by atoms with Crippen molar-refractivity contribution in [1.29, 1.82) is 0 Å². The SMILES string of the molecule is CC(CC(=O)N1C2CC3CC1CC(Cl)(C3)C2)c1c[nH]c2cccc(P)c12. The van der Waals surface area contributed by atoms with Gasteiger partial charge in [-0.15, -0.1) is 20.8 Å². The molecule has 2 aliphatic heterocycles. The number of rotatable bonds is 3. The van der Waals surface area contributed by atoms with Gasteiger partial charge in [-0.1, -0.05) is 19.1 Å². The molecule has 2 aliphatic carbocycles. The van der Waals surface area contributed by atoms with Crippen LogP contribution >= 0.6 is 20.8 Å². The van der Waals surface area contributed by atoms with E-state index >= 15 is 0 Å². The fourth-order valence-electron chi connectivity index (χ4n) is 6.05. The number of carbonyl (C=O) groups is 1. The highest BCUT2D eigenvalue weighted by molar-refractivity contribution is 7.28. The lowest BCUT2D eigenvalue weighted by molar-refractivity contribution is -0.148. The van der Waals surface area contributed by atoms with Crippen molar-refractivity contribution in [3.05, 3.63) is 30.0 Å². The molecule has 3 heterocycles. The maximum Gasteiger partial charge on any atom is 0.223 e. The molecule has 6 rings (SSSR count). The number of aromatic nitrogens is 1. The molecule has 0 radical (unpaired) electrons. The third kappa shape index (κ3) is 2.62. The van der Waals surface area contributed by atoms with Crippen molar-refractivity contribution in [2.24, 2.45) is 5.92 Å². The lowest BCUT2D eigenvalue weighted by Crippen LogP contribution is -2.64. The summed E-state index contributed by atoms with van der Waals surface area (Å²) in [6.07, 6.45) is 8.12. The first-order valence-corrected chi connectivity index (χ1v) is 10.7. The van der Waals surface area contributed by atoms with Gasteiger partial charge in [0.25, 0.3) is 0 Å². The topological polar surface area (TPSA) is 36.1 Å². The van der Waals surface area contributed by atoms with E-state index in [1.807, 2.05) is 0 Å². The molecule has 2 saturated heterocycles. The summed E-state index contributed by atoms with van der Waals surface area (Å²) < 4.78 is 0. The summed E-state index contributed by atoms with van der Waals surface area (Å²) in [7, 11) is 2.82. The van der Waals surface area contributed by atoms with Crippen LogP contribution in [-0.2, 0) is 4.79 Å². The van der Waals surface area contributed by atoms with Gasteiger partial charge in [-0.2, -0.15) is 0 Å². The summed E-state index contributed by atoms with van der Waals surface area (Å²) in [5, 5.41) is 2.44. The highest BCUT2D eigenvalue weighted by atomic mass is 35.5. The second-order valence-corrected chi connectivity index (χ2v) is 10.3. The van der Waals surface area contributed by atoms with Crippen molar-refractivity contribution < 1.29 is 4.79 Å². The average Bonchev–Trinajstić information content (AvgIpc) is 2.98. The Labute approximate surface area is 162 Å². The van der Waals surface area contributed by atoms with Gasteiger partial charge in [-0.25, -0.2) is 0 Å². The number of nitrogens with one attached hydrogen (secondary N) is 1. The van der Waals surface area contributed by atoms with Crippen LogP contribution in [0.25, 0.3) is 10.9 Å². The van der Waals surface area contributed by atoms with E-state index < -0.39 is 0 Å². The van der Waals surface area contributed by atoms with E-state index in [4.69, 9.17) is 11.6 Å². The third-order valence-corrected chi connectivity index (χ3v) is 7.87. The highest BCUT2D eigenvalue weighted by Crippen LogP contribution is 2.54. The summed E-state index contributed by atoms with van der Waals surface area (Å²) in [5.74, 6) is 1.27. The maximum absolute atomic E-state index is 13.2. The molecule has 1 amide bonds. The Balaban J connectivity index is 1.37. The van der Waals surface area contributed by atoms with Crippen LogP contribution < -0.4 is 5.30 Å². The Morgan fingerprint density at radius 1 is 1.35 bits per heavy atom. The number of carbonyl (C=O) groups excluding carboxylic acids is 1. The monoisotopic (exact) mass is 388 g/mol. The van der Waals surface area contributed by atoms with Gasteiger partial charge in [0.1, 0.15) is 0 Å². The minimum Gasteiger partial charge on any atom is -0.361 e. The molecule has 4 atom stereocenters. The molecule has 1 aromatic heterocycles. The molecule has 4 fully saturated rings. The molecule has 2 saturated carbocycles. The van der Waals surface area contributed by atoms with E-state index in [0.29, 0.717) is 24.4 Å². The van der Waals surface area contributed by atoms with Gasteiger partial charge in [0.2, 0.25) is 5.91 Å². The predicted octanol–water partition coefficient (Wildman–Crippen LogP) is 4.31. The molecule has 4 unspecified atom stereocenters. The molecule has 5 heteroatoms. The van der Waals surface area contributed by atoms with Crippen LogP contribution in [0.1, 0.15) is 56.9 Å². The number of amides is 1. The van der Waals surface area contributed by atoms with Crippen molar-refractivity contribution in [1.82, 2.24) is 9.88 Å². The van der Waals surface area contributed by atoms with Crippen LogP contribution in [0.2, 0.25) is 0 Å². The molecule has 4 aliphatic rings. The molecular weight excluding hydrogens is 363 g/mol. The van der Waals surface area contributed by atoms with Crippen LogP contribution in [0.3, 0.4) is 0 Å². The molecule has 26 heavy (non-hydrogen) atoms. The minimum atomic E-state index is -0.0237. The first kappa shape index (κ1) is 17.1. The second-order valence-electron chi connectivity index (χ2n) is 8.83. The van der Waals surface area contributed by atoms with Gasteiger partial charge in [0.15, 0.2) is 0 Å². The van der Waals surface area contributed by atoms with Crippen molar-refractivity contribution in [2.75, 3.05) is 0 Å². The third-order valence-electron chi connectivity index (χ3n) is 6.92. The lowest BCUT2D eigenvalue weighted by atomic mass is 9.63. The van der Waals surface area contributed by atoms with Gasteiger partial charge >= 0.3 is 0 Å². The quantitative estimate of drug-likeness (QED) is 0.617. The largest absolute Gasteiger partial charge is 0.361 e. The van der Waals surface area contributed by atoms with Gasteiger partial charge in [-0.3, -0.25) is 4.79 Å². The van der Waals surface area contributed by atoms with Crippen molar-refractivity contribution in [3.8, 4) is 0 Å². The van der Waals surface area contributed by atoms with Crippen LogP contribution in [0, 0.1) is 5.92 Å². The fraction of sp³-hybridized carbons (Fsp3) is 0.571. The number of aromatic amines is 1. The molecule has 3 nitrogen and oxygen atoms in total. The van der Waals surface area contributed by atoms with Gasteiger partial charge in [0, 0.05) is 40.5 Å². The van der Waals surface area contributed by atoms with Crippen LogP contribution in [0.15, 0.2) is 24.4 Å². The van der Waals surface area contributed by atoms with E-state index in [1.165, 1.54) is 16.3 Å². The van der Waals surface area contributed by atoms with E-state index in [0.717, 1.165) is 43.5 Å².